The van der Waals surface area contributed by atoms with Crippen LogP contribution >= 0.6 is 0 Å². The molecule has 1 aromatic carbocycles. The maximum absolute atomic E-state index is 3.65. The number of benzene rings is 1. The molecule has 1 heterocycles. The summed E-state index contributed by atoms with van der Waals surface area (Å²) in [4.78, 5) is 0. The lowest BCUT2D eigenvalue weighted by atomic mass is 9.94. The molecular formula is C14H19N. The van der Waals surface area contributed by atoms with Gasteiger partial charge in [0.25, 0.3) is 0 Å². The molecule has 3 rings (SSSR count). The van der Waals surface area contributed by atoms with Crippen LogP contribution in [0, 0.1) is 5.92 Å². The van der Waals surface area contributed by atoms with E-state index in [1.54, 1.807) is 5.56 Å². The minimum absolute atomic E-state index is 0.643. The number of hydrogen-bond donors (Lipinski definition) is 1. The lowest BCUT2D eigenvalue weighted by Crippen LogP contribution is -2.15. The predicted octanol–water partition coefficient (Wildman–Crippen LogP) is 3.41. The summed E-state index contributed by atoms with van der Waals surface area (Å²) < 4.78 is 0. The van der Waals surface area contributed by atoms with Crippen LogP contribution in [0.25, 0.3) is 0 Å². The lowest BCUT2D eigenvalue weighted by Gasteiger charge is -2.16. The molecule has 1 aliphatic carbocycles. The molecule has 0 radical (unpaired) electrons. The van der Waals surface area contributed by atoms with Gasteiger partial charge < -0.3 is 5.32 Å². The normalized spacial score (nSPS) is 25.7. The highest BCUT2D eigenvalue weighted by Crippen LogP contribution is 2.36. The highest BCUT2D eigenvalue weighted by molar-refractivity contribution is 5.33. The summed E-state index contributed by atoms with van der Waals surface area (Å²) in [5, 5.41) is 3.65. The van der Waals surface area contributed by atoms with Crippen molar-refractivity contribution in [1.82, 2.24) is 5.32 Å². The second-order valence-corrected chi connectivity index (χ2v) is 5.02. The number of fused-ring (bicyclic) bond motifs is 1. The zero-order valence-electron chi connectivity index (χ0n) is 9.21. The molecule has 0 amide bonds. The monoisotopic (exact) mass is 201 g/mol. The van der Waals surface area contributed by atoms with Crippen LogP contribution in [0.15, 0.2) is 24.3 Å². The Morgan fingerprint density at radius 1 is 1.13 bits per heavy atom. The molecule has 15 heavy (non-hydrogen) atoms. The van der Waals surface area contributed by atoms with E-state index in [1.165, 1.54) is 37.7 Å². The summed E-state index contributed by atoms with van der Waals surface area (Å²) in [6, 6.07) is 9.53. The van der Waals surface area contributed by atoms with Gasteiger partial charge in [-0.15, -0.1) is 0 Å². The van der Waals surface area contributed by atoms with Gasteiger partial charge in [0.1, 0.15) is 0 Å². The summed E-state index contributed by atoms with van der Waals surface area (Å²) in [5.74, 6) is 0.980. The van der Waals surface area contributed by atoms with Crippen LogP contribution in [-0.2, 0) is 6.54 Å². The second kappa shape index (κ2) is 3.97. The Morgan fingerprint density at radius 2 is 1.93 bits per heavy atom. The predicted molar refractivity (Wildman–Crippen MR) is 62.6 cm³/mol. The van der Waals surface area contributed by atoms with Crippen LogP contribution in [0.3, 0.4) is 0 Å². The highest BCUT2D eigenvalue weighted by Gasteiger charge is 2.25. The SMILES string of the molecule is c1ccc2c(c1)CNC2CC1CCCC1. The Morgan fingerprint density at radius 3 is 2.80 bits per heavy atom. The fourth-order valence-corrected chi connectivity index (χ4v) is 3.17. The van der Waals surface area contributed by atoms with E-state index in [1.807, 2.05) is 0 Å². The average molecular weight is 201 g/mol. The standard InChI is InChI=1S/C14H19N/c1-2-6-11(5-1)9-14-13-8-4-3-7-12(13)10-15-14/h3-4,7-8,11,14-15H,1-2,5-6,9-10H2. The van der Waals surface area contributed by atoms with Crippen molar-refractivity contribution in [2.75, 3.05) is 0 Å². The molecule has 0 spiro atoms. The zero-order valence-corrected chi connectivity index (χ0v) is 9.21. The Bertz CT molecular complexity index is 339. The van der Waals surface area contributed by atoms with Gasteiger partial charge in [-0.3, -0.25) is 0 Å². The first-order valence-electron chi connectivity index (χ1n) is 6.24. The third-order valence-corrected chi connectivity index (χ3v) is 4.01. The minimum atomic E-state index is 0.643. The summed E-state index contributed by atoms with van der Waals surface area (Å²) >= 11 is 0. The Balaban J connectivity index is 1.73. The van der Waals surface area contributed by atoms with E-state index < -0.39 is 0 Å². The number of rotatable bonds is 2. The van der Waals surface area contributed by atoms with E-state index in [2.05, 4.69) is 29.6 Å². The van der Waals surface area contributed by atoms with Gasteiger partial charge in [-0.1, -0.05) is 49.9 Å². The zero-order chi connectivity index (χ0) is 10.1. The molecule has 1 fully saturated rings. The van der Waals surface area contributed by atoms with Gasteiger partial charge in [-0.2, -0.15) is 0 Å². The van der Waals surface area contributed by atoms with Gasteiger partial charge in [0.2, 0.25) is 0 Å². The highest BCUT2D eigenvalue weighted by atomic mass is 14.9. The van der Waals surface area contributed by atoms with Crippen LogP contribution in [0.5, 0.6) is 0 Å². The molecule has 0 aromatic heterocycles. The first-order chi connectivity index (χ1) is 7.43. The van der Waals surface area contributed by atoms with E-state index in [-0.39, 0.29) is 0 Å². The largest absolute Gasteiger partial charge is 0.306 e. The molecule has 1 saturated carbocycles. The minimum Gasteiger partial charge on any atom is -0.306 e. The van der Waals surface area contributed by atoms with E-state index in [0.717, 1.165) is 12.5 Å². The van der Waals surface area contributed by atoms with Crippen molar-refractivity contribution >= 4 is 0 Å². The first-order valence-corrected chi connectivity index (χ1v) is 6.24. The molecule has 1 unspecified atom stereocenters. The van der Waals surface area contributed by atoms with E-state index >= 15 is 0 Å². The first kappa shape index (κ1) is 9.41. The van der Waals surface area contributed by atoms with E-state index in [0.29, 0.717) is 6.04 Å². The molecule has 2 aliphatic rings. The summed E-state index contributed by atoms with van der Waals surface area (Å²) in [5.41, 5.74) is 3.07. The Kier molecular flexibility index (Phi) is 2.49. The Labute approximate surface area is 91.9 Å². The summed E-state index contributed by atoms with van der Waals surface area (Å²) in [7, 11) is 0. The fraction of sp³-hybridized carbons (Fsp3) is 0.571. The average Bonchev–Trinajstić information content (AvgIpc) is 2.89. The van der Waals surface area contributed by atoms with Gasteiger partial charge in [0.05, 0.1) is 0 Å². The van der Waals surface area contributed by atoms with E-state index in [9.17, 15) is 0 Å². The second-order valence-electron chi connectivity index (χ2n) is 5.02. The molecular weight excluding hydrogens is 182 g/mol. The maximum Gasteiger partial charge on any atom is 0.0329 e. The van der Waals surface area contributed by atoms with Crippen LogP contribution in [-0.4, -0.2) is 0 Å². The topological polar surface area (TPSA) is 12.0 Å². The fourth-order valence-electron chi connectivity index (χ4n) is 3.17. The van der Waals surface area contributed by atoms with Crippen LogP contribution in [0.2, 0.25) is 0 Å². The smallest absolute Gasteiger partial charge is 0.0329 e. The number of nitrogens with one attached hydrogen (secondary N) is 1. The van der Waals surface area contributed by atoms with Crippen LogP contribution in [0.1, 0.15) is 49.3 Å². The van der Waals surface area contributed by atoms with Crippen molar-refractivity contribution < 1.29 is 0 Å². The molecule has 1 N–H and O–H groups in total. The molecule has 1 heteroatoms. The molecule has 1 aliphatic heterocycles. The molecule has 1 atom stereocenters. The van der Waals surface area contributed by atoms with Crippen LogP contribution in [0.4, 0.5) is 0 Å². The van der Waals surface area contributed by atoms with Gasteiger partial charge >= 0.3 is 0 Å². The molecule has 80 valence electrons. The summed E-state index contributed by atoms with van der Waals surface area (Å²) in [6.45, 7) is 1.08. The van der Waals surface area contributed by atoms with Gasteiger partial charge in [0, 0.05) is 12.6 Å². The maximum atomic E-state index is 3.65. The van der Waals surface area contributed by atoms with Crippen molar-refractivity contribution in [2.45, 2.75) is 44.7 Å². The van der Waals surface area contributed by atoms with Crippen molar-refractivity contribution in [3.8, 4) is 0 Å². The molecule has 1 nitrogen and oxygen atoms in total. The number of hydrogen-bond acceptors (Lipinski definition) is 1. The van der Waals surface area contributed by atoms with Crippen molar-refractivity contribution in [2.24, 2.45) is 5.92 Å². The van der Waals surface area contributed by atoms with Crippen molar-refractivity contribution in [1.29, 1.82) is 0 Å². The molecule has 0 saturated heterocycles. The third kappa shape index (κ3) is 1.81. The van der Waals surface area contributed by atoms with Gasteiger partial charge in [0.15, 0.2) is 0 Å². The molecule has 0 bridgehead atoms. The van der Waals surface area contributed by atoms with Crippen LogP contribution < -0.4 is 5.32 Å². The lowest BCUT2D eigenvalue weighted by molar-refractivity contribution is 0.413. The Hall–Kier alpha value is -0.820. The van der Waals surface area contributed by atoms with Crippen molar-refractivity contribution in [3.05, 3.63) is 35.4 Å². The summed E-state index contributed by atoms with van der Waals surface area (Å²) in [6.07, 6.45) is 7.19. The van der Waals surface area contributed by atoms with Crippen molar-refractivity contribution in [3.63, 3.8) is 0 Å². The third-order valence-electron chi connectivity index (χ3n) is 4.01. The van der Waals surface area contributed by atoms with E-state index in [4.69, 9.17) is 0 Å². The van der Waals surface area contributed by atoms with Gasteiger partial charge in [-0.05, 0) is 23.5 Å². The quantitative estimate of drug-likeness (QED) is 0.773. The van der Waals surface area contributed by atoms with Gasteiger partial charge in [-0.25, -0.2) is 0 Å². The molecule has 1 aromatic rings.